The van der Waals surface area contributed by atoms with Crippen molar-refractivity contribution < 1.29 is 44.0 Å². The van der Waals surface area contributed by atoms with E-state index in [9.17, 15) is 25.0 Å². The quantitative estimate of drug-likeness (QED) is 0.107. The molecule has 7 atom stereocenters. The number of phosphoric ester groups is 1. The molecule has 1 aliphatic carbocycles. The maximum atomic E-state index is 11.3. The number of hydrogen-bond donors (Lipinski definition) is 7. The van der Waals surface area contributed by atoms with Gasteiger partial charge in [0, 0.05) is 6.42 Å². The fraction of sp³-hybridized carbons (Fsp3) is 0.345. The second-order valence-corrected chi connectivity index (χ2v) is 12.4. The van der Waals surface area contributed by atoms with E-state index in [0.29, 0.717) is 22.3 Å². The van der Waals surface area contributed by atoms with Gasteiger partial charge in [-0.25, -0.2) is 19.5 Å². The van der Waals surface area contributed by atoms with E-state index < -0.39 is 57.2 Å². The van der Waals surface area contributed by atoms with Crippen molar-refractivity contribution in [2.45, 2.75) is 56.1 Å². The molecule has 14 nitrogen and oxygen atoms in total. The molecule has 15 heteroatoms. The zero-order valence-electron chi connectivity index (χ0n) is 23.3. The summed E-state index contributed by atoms with van der Waals surface area (Å²) in [6, 6.07) is 12.8. The fourth-order valence-corrected chi connectivity index (χ4v) is 6.77. The van der Waals surface area contributed by atoms with Crippen molar-refractivity contribution in [3.05, 3.63) is 71.8 Å². The molecule has 3 unspecified atom stereocenters. The average Bonchev–Trinajstić information content (AvgIpc) is 3.60. The molecule has 0 amide bonds. The first-order chi connectivity index (χ1) is 21.0. The lowest BCUT2D eigenvalue weighted by Crippen LogP contribution is -2.44. The first-order valence-corrected chi connectivity index (χ1v) is 15.5. The van der Waals surface area contributed by atoms with Gasteiger partial charge in [-0.15, -0.1) is 0 Å². The Hall–Kier alpha value is -3.56. The highest BCUT2D eigenvalue weighted by molar-refractivity contribution is 7.46. The van der Waals surface area contributed by atoms with Gasteiger partial charge in [0.25, 0.3) is 0 Å². The van der Waals surface area contributed by atoms with Crippen LogP contribution in [-0.2, 0) is 13.8 Å². The van der Waals surface area contributed by atoms with Crippen molar-refractivity contribution >= 4 is 46.3 Å². The smallest absolute Gasteiger partial charge is 0.390 e. The number of benzene rings is 3. The molecule has 230 valence electrons. The summed E-state index contributed by atoms with van der Waals surface area (Å²) in [5.74, 6) is 0.252. The minimum absolute atomic E-state index is 0.0888. The van der Waals surface area contributed by atoms with Gasteiger partial charge in [0.2, 0.25) is 0 Å². The molecule has 44 heavy (non-hydrogen) atoms. The van der Waals surface area contributed by atoms with Gasteiger partial charge in [0.1, 0.15) is 37.0 Å². The largest absolute Gasteiger partial charge is 0.469 e. The summed E-state index contributed by atoms with van der Waals surface area (Å²) in [5, 5.41) is 50.7. The molecule has 3 aromatic carbocycles. The van der Waals surface area contributed by atoms with Gasteiger partial charge in [-0.3, -0.25) is 9.09 Å². The topological polar surface area (TPSA) is 213 Å². The van der Waals surface area contributed by atoms with Crippen molar-refractivity contribution in [2.75, 3.05) is 11.9 Å². The third kappa shape index (κ3) is 4.85. The molecule has 1 saturated heterocycles. The van der Waals surface area contributed by atoms with E-state index in [1.54, 1.807) is 10.6 Å². The fourth-order valence-electron chi connectivity index (χ4n) is 6.42. The Morgan fingerprint density at radius 1 is 1.02 bits per heavy atom. The summed E-state index contributed by atoms with van der Waals surface area (Å²) in [7, 11) is -4.75. The predicted molar refractivity (Wildman–Crippen MR) is 157 cm³/mol. The minimum atomic E-state index is -4.75. The van der Waals surface area contributed by atoms with Gasteiger partial charge < -0.3 is 40.3 Å². The third-order valence-corrected chi connectivity index (χ3v) is 9.09. The second kappa shape index (κ2) is 10.8. The zero-order valence-corrected chi connectivity index (χ0v) is 24.2. The van der Waals surface area contributed by atoms with Gasteiger partial charge in [-0.1, -0.05) is 36.4 Å². The highest BCUT2D eigenvalue weighted by atomic mass is 31.2. The van der Waals surface area contributed by atoms with Crippen LogP contribution < -0.4 is 5.32 Å². The van der Waals surface area contributed by atoms with Crippen LogP contribution in [0.1, 0.15) is 41.5 Å². The Morgan fingerprint density at radius 2 is 1.82 bits per heavy atom. The molecule has 1 fully saturated rings. The summed E-state index contributed by atoms with van der Waals surface area (Å²) < 4.78 is 23.0. The van der Waals surface area contributed by atoms with Crippen LogP contribution in [0, 0.1) is 6.92 Å². The SMILES string of the molecule is Cc1c2ccccc2cc2c3c(ccc12)[C@@H](O)[C@H](O)[C@H](O)[C@@H]3Nc1ncnc2c1ncn2C1CC(O)C(COP(=O)(O)O)O1. The van der Waals surface area contributed by atoms with Crippen molar-refractivity contribution in [1.29, 1.82) is 0 Å². The van der Waals surface area contributed by atoms with Crippen LogP contribution in [0.3, 0.4) is 0 Å². The first-order valence-electron chi connectivity index (χ1n) is 14.0. The number of phosphoric acid groups is 1. The van der Waals surface area contributed by atoms with Crippen LogP contribution >= 0.6 is 7.82 Å². The molecule has 0 radical (unpaired) electrons. The lowest BCUT2D eigenvalue weighted by atomic mass is 9.78. The Labute approximate surface area is 249 Å². The van der Waals surface area contributed by atoms with E-state index in [1.165, 1.54) is 12.7 Å². The highest BCUT2D eigenvalue weighted by Gasteiger charge is 2.42. The van der Waals surface area contributed by atoms with Gasteiger partial charge in [-0.05, 0) is 51.2 Å². The standard InChI is InChI=1S/C29H30N5O9P/c1-13-15-5-3-2-4-14(15)8-18-16(13)6-7-17-22(18)23(26(37)27(38)25(17)36)33-28-24-29(31-11-30-28)34(12-32-24)21-9-19(35)20(43-21)10-42-44(39,40)41/h2-8,11-12,19-21,23,25-27,35-38H,9-10H2,1H3,(H,30,31,33)(H2,39,40,41)/t19?,20?,21?,23-,25-,26-,27+/m1/s1. The normalized spacial score (nSPS) is 27.3. The van der Waals surface area contributed by atoms with Crippen molar-refractivity contribution in [1.82, 2.24) is 19.5 Å². The number of nitrogens with one attached hydrogen (secondary N) is 1. The number of aliphatic hydroxyl groups excluding tert-OH is 4. The van der Waals surface area contributed by atoms with Crippen LogP contribution in [0.2, 0.25) is 0 Å². The van der Waals surface area contributed by atoms with E-state index in [0.717, 1.165) is 27.1 Å². The maximum Gasteiger partial charge on any atom is 0.469 e. The number of aliphatic hydroxyl groups is 4. The van der Waals surface area contributed by atoms with Crippen molar-refractivity contribution in [3.63, 3.8) is 0 Å². The molecular weight excluding hydrogens is 593 g/mol. The molecule has 2 aromatic heterocycles. The summed E-state index contributed by atoms with van der Waals surface area (Å²) in [5.41, 5.74) is 2.80. The van der Waals surface area contributed by atoms with Crippen molar-refractivity contribution in [2.24, 2.45) is 0 Å². The lowest BCUT2D eigenvalue weighted by molar-refractivity contribution is -0.0766. The number of hydrogen-bond acceptors (Lipinski definition) is 11. The zero-order chi connectivity index (χ0) is 30.9. The highest BCUT2D eigenvalue weighted by Crippen LogP contribution is 2.45. The van der Waals surface area contributed by atoms with Crippen LogP contribution in [0.25, 0.3) is 32.7 Å². The molecule has 1 aliphatic heterocycles. The molecule has 7 rings (SSSR count). The number of rotatable bonds is 6. The number of fused-ring (bicyclic) bond motifs is 5. The Morgan fingerprint density at radius 3 is 2.61 bits per heavy atom. The Bertz CT molecular complexity index is 1950. The number of imidazole rings is 1. The van der Waals surface area contributed by atoms with Gasteiger partial charge >= 0.3 is 7.82 Å². The number of anilines is 1. The lowest BCUT2D eigenvalue weighted by Gasteiger charge is -2.38. The van der Waals surface area contributed by atoms with Gasteiger partial charge in [0.05, 0.1) is 25.1 Å². The Balaban J connectivity index is 1.28. The molecule has 2 aliphatic rings. The van der Waals surface area contributed by atoms with E-state index in [1.807, 2.05) is 43.3 Å². The summed E-state index contributed by atoms with van der Waals surface area (Å²) in [6.45, 7) is 1.52. The number of aromatic nitrogens is 4. The van der Waals surface area contributed by atoms with Crippen molar-refractivity contribution in [3.8, 4) is 0 Å². The monoisotopic (exact) mass is 623 g/mol. The van der Waals surface area contributed by atoms with Crippen LogP contribution in [0.5, 0.6) is 0 Å². The van der Waals surface area contributed by atoms with E-state index in [4.69, 9.17) is 14.5 Å². The third-order valence-electron chi connectivity index (χ3n) is 8.61. The number of aryl methyl sites for hydroxylation is 1. The number of nitrogens with zero attached hydrogens (tertiary/aromatic N) is 4. The van der Waals surface area contributed by atoms with Gasteiger partial charge in [-0.2, -0.15) is 0 Å². The number of ether oxygens (including phenoxy) is 1. The molecule has 3 heterocycles. The summed E-state index contributed by atoms with van der Waals surface area (Å²) >= 11 is 0. The van der Waals surface area contributed by atoms with E-state index in [-0.39, 0.29) is 12.2 Å². The minimum Gasteiger partial charge on any atom is -0.390 e. The van der Waals surface area contributed by atoms with E-state index >= 15 is 0 Å². The summed E-state index contributed by atoms with van der Waals surface area (Å²) in [6.07, 6.45) is -4.18. The molecular formula is C29H30N5O9P. The molecule has 5 aromatic rings. The van der Waals surface area contributed by atoms with Crippen LogP contribution in [0.4, 0.5) is 5.82 Å². The molecule has 0 spiro atoms. The summed E-state index contributed by atoms with van der Waals surface area (Å²) in [4.78, 5) is 31.2. The van der Waals surface area contributed by atoms with E-state index in [2.05, 4.69) is 24.8 Å². The molecule has 0 saturated carbocycles. The van der Waals surface area contributed by atoms with Crippen LogP contribution in [-0.4, -0.2) is 80.8 Å². The maximum absolute atomic E-state index is 11.3. The molecule has 0 bridgehead atoms. The first kappa shape index (κ1) is 29.2. The van der Waals surface area contributed by atoms with Gasteiger partial charge in [0.15, 0.2) is 17.0 Å². The molecule has 7 N–H and O–H groups in total. The Kier molecular flexibility index (Phi) is 7.16. The second-order valence-electron chi connectivity index (χ2n) is 11.2. The average molecular weight is 624 g/mol. The van der Waals surface area contributed by atoms with Crippen LogP contribution in [0.15, 0.2) is 55.1 Å². The predicted octanol–water partition coefficient (Wildman–Crippen LogP) is 2.12.